The van der Waals surface area contributed by atoms with Crippen LogP contribution in [0.5, 0.6) is 0 Å². The Hall–Kier alpha value is -1.35. The van der Waals surface area contributed by atoms with Gasteiger partial charge < -0.3 is 5.11 Å². The van der Waals surface area contributed by atoms with Crippen LogP contribution in [0.4, 0.5) is 0 Å². The van der Waals surface area contributed by atoms with E-state index in [2.05, 4.69) is 12.1 Å². The summed E-state index contributed by atoms with van der Waals surface area (Å²) >= 11 is 0. The average Bonchev–Trinajstić information content (AvgIpc) is 2.30. The number of nitrogens with zero attached hydrogens (tertiary/aromatic N) is 1. The van der Waals surface area contributed by atoms with Crippen molar-refractivity contribution in [3.63, 3.8) is 0 Å². The summed E-state index contributed by atoms with van der Waals surface area (Å²) in [6, 6.07) is 10.1. The highest BCUT2D eigenvalue weighted by atomic mass is 16.4. The number of carboxylic acids is 1. The lowest BCUT2D eigenvalue weighted by Gasteiger charge is -2.34. The number of carbonyl (C=O) groups is 1. The standard InChI is InChI=1S/C14H21NO2/c1-4-15(14(2,3)13(16)17)11-10-12-8-6-5-7-9-12/h5-9H,4,10-11H2,1-3H3,(H,16,17). The van der Waals surface area contributed by atoms with Gasteiger partial charge in [0.15, 0.2) is 0 Å². The molecule has 0 aliphatic rings. The first-order valence-corrected chi connectivity index (χ1v) is 6.01. The Morgan fingerprint density at radius 1 is 1.29 bits per heavy atom. The molecule has 1 rings (SSSR count). The molecule has 0 amide bonds. The third-order valence-electron chi connectivity index (χ3n) is 3.21. The van der Waals surface area contributed by atoms with E-state index in [9.17, 15) is 9.90 Å². The average molecular weight is 235 g/mol. The maximum atomic E-state index is 11.2. The van der Waals surface area contributed by atoms with Crippen molar-refractivity contribution >= 4 is 5.97 Å². The highest BCUT2D eigenvalue weighted by Crippen LogP contribution is 2.15. The largest absolute Gasteiger partial charge is 0.480 e. The van der Waals surface area contributed by atoms with Gasteiger partial charge in [0.1, 0.15) is 5.54 Å². The van der Waals surface area contributed by atoms with Gasteiger partial charge in [-0.1, -0.05) is 37.3 Å². The molecule has 0 spiro atoms. The summed E-state index contributed by atoms with van der Waals surface area (Å²) in [5.74, 6) is -0.771. The van der Waals surface area contributed by atoms with Gasteiger partial charge in [0, 0.05) is 6.54 Å². The van der Waals surface area contributed by atoms with E-state index in [1.165, 1.54) is 5.56 Å². The summed E-state index contributed by atoms with van der Waals surface area (Å²) in [6.45, 7) is 7.01. The van der Waals surface area contributed by atoms with Crippen molar-refractivity contribution in [3.05, 3.63) is 35.9 Å². The zero-order chi connectivity index (χ0) is 12.9. The van der Waals surface area contributed by atoms with Gasteiger partial charge in [-0.3, -0.25) is 9.69 Å². The molecule has 0 bridgehead atoms. The summed E-state index contributed by atoms with van der Waals surface area (Å²) in [6.07, 6.45) is 0.880. The number of carboxylic acid groups (broad SMARTS) is 1. The van der Waals surface area contributed by atoms with Crippen LogP contribution in [0, 0.1) is 0 Å². The highest BCUT2D eigenvalue weighted by Gasteiger charge is 2.32. The summed E-state index contributed by atoms with van der Waals surface area (Å²) < 4.78 is 0. The fourth-order valence-electron chi connectivity index (χ4n) is 1.88. The SMILES string of the molecule is CCN(CCc1ccccc1)C(C)(C)C(=O)O. The molecule has 0 aliphatic heterocycles. The minimum atomic E-state index is -0.802. The normalized spacial score (nSPS) is 11.8. The Labute approximate surface area is 103 Å². The lowest BCUT2D eigenvalue weighted by atomic mass is 10.0. The molecule has 3 heteroatoms. The summed E-state index contributed by atoms with van der Waals surface area (Å²) in [5, 5.41) is 9.20. The number of benzene rings is 1. The number of rotatable bonds is 6. The third kappa shape index (κ3) is 3.56. The Kier molecular flexibility index (Phi) is 4.70. The maximum Gasteiger partial charge on any atom is 0.323 e. The van der Waals surface area contributed by atoms with E-state index in [1.807, 2.05) is 30.0 Å². The van der Waals surface area contributed by atoms with Crippen molar-refractivity contribution in [3.8, 4) is 0 Å². The zero-order valence-corrected chi connectivity index (χ0v) is 10.8. The second-order valence-electron chi connectivity index (χ2n) is 4.68. The number of aliphatic carboxylic acids is 1. The van der Waals surface area contributed by atoms with Crippen LogP contribution in [-0.4, -0.2) is 34.6 Å². The van der Waals surface area contributed by atoms with Crippen molar-refractivity contribution in [2.75, 3.05) is 13.1 Å². The van der Waals surface area contributed by atoms with Gasteiger partial charge in [-0.25, -0.2) is 0 Å². The molecule has 0 atom stereocenters. The molecule has 94 valence electrons. The first-order valence-electron chi connectivity index (χ1n) is 6.01. The minimum absolute atomic E-state index is 0.742. The highest BCUT2D eigenvalue weighted by molar-refractivity contribution is 5.77. The third-order valence-corrected chi connectivity index (χ3v) is 3.21. The van der Waals surface area contributed by atoms with Crippen LogP contribution >= 0.6 is 0 Å². The van der Waals surface area contributed by atoms with Gasteiger partial charge in [0.05, 0.1) is 0 Å². The van der Waals surface area contributed by atoms with Gasteiger partial charge in [0.2, 0.25) is 0 Å². The quantitative estimate of drug-likeness (QED) is 0.823. The first-order chi connectivity index (χ1) is 7.98. The minimum Gasteiger partial charge on any atom is -0.480 e. The van der Waals surface area contributed by atoms with Crippen LogP contribution in [0.3, 0.4) is 0 Å². The van der Waals surface area contributed by atoms with Gasteiger partial charge in [-0.2, -0.15) is 0 Å². The Morgan fingerprint density at radius 2 is 1.88 bits per heavy atom. The maximum absolute atomic E-state index is 11.2. The van der Waals surface area contributed by atoms with E-state index in [-0.39, 0.29) is 0 Å². The van der Waals surface area contributed by atoms with Crippen molar-refractivity contribution in [1.29, 1.82) is 0 Å². The molecule has 0 fully saturated rings. The molecule has 0 aliphatic carbocycles. The molecule has 1 aromatic carbocycles. The van der Waals surface area contributed by atoms with E-state index in [0.29, 0.717) is 0 Å². The molecule has 0 aromatic heterocycles. The second kappa shape index (κ2) is 5.82. The molecular formula is C14H21NO2. The second-order valence-corrected chi connectivity index (χ2v) is 4.68. The summed E-state index contributed by atoms with van der Waals surface area (Å²) in [4.78, 5) is 13.2. The van der Waals surface area contributed by atoms with E-state index in [1.54, 1.807) is 13.8 Å². The fraction of sp³-hybridized carbons (Fsp3) is 0.500. The van der Waals surface area contributed by atoms with Gasteiger partial charge >= 0.3 is 5.97 Å². The molecule has 17 heavy (non-hydrogen) atoms. The van der Waals surface area contributed by atoms with Crippen LogP contribution in [0.1, 0.15) is 26.3 Å². The van der Waals surface area contributed by atoms with Gasteiger partial charge in [0.25, 0.3) is 0 Å². The monoisotopic (exact) mass is 235 g/mol. The van der Waals surface area contributed by atoms with Crippen molar-refractivity contribution in [2.24, 2.45) is 0 Å². The van der Waals surface area contributed by atoms with E-state index < -0.39 is 11.5 Å². The lowest BCUT2D eigenvalue weighted by Crippen LogP contribution is -2.50. The first kappa shape index (κ1) is 13.7. The Bertz CT molecular complexity index is 360. The lowest BCUT2D eigenvalue weighted by molar-refractivity contribution is -0.149. The smallest absolute Gasteiger partial charge is 0.323 e. The Balaban J connectivity index is 2.63. The topological polar surface area (TPSA) is 40.5 Å². The van der Waals surface area contributed by atoms with E-state index >= 15 is 0 Å². The predicted molar refractivity (Wildman–Crippen MR) is 69.1 cm³/mol. The molecule has 1 aromatic rings. The van der Waals surface area contributed by atoms with Gasteiger partial charge in [-0.15, -0.1) is 0 Å². The number of hydrogen-bond acceptors (Lipinski definition) is 2. The Morgan fingerprint density at radius 3 is 2.35 bits per heavy atom. The molecule has 0 unspecified atom stereocenters. The van der Waals surface area contributed by atoms with E-state index in [4.69, 9.17) is 0 Å². The number of hydrogen-bond donors (Lipinski definition) is 1. The molecule has 0 saturated carbocycles. The van der Waals surface area contributed by atoms with Crippen molar-refractivity contribution in [1.82, 2.24) is 4.90 Å². The molecule has 0 heterocycles. The van der Waals surface area contributed by atoms with Crippen LogP contribution in [0.25, 0.3) is 0 Å². The van der Waals surface area contributed by atoms with Gasteiger partial charge in [-0.05, 0) is 32.4 Å². The number of likely N-dealkylation sites (N-methyl/N-ethyl adjacent to an activating group) is 1. The zero-order valence-electron chi connectivity index (χ0n) is 10.8. The van der Waals surface area contributed by atoms with Crippen LogP contribution in [-0.2, 0) is 11.2 Å². The molecule has 0 saturated heterocycles. The summed E-state index contributed by atoms with van der Waals surface area (Å²) in [5.41, 5.74) is 0.441. The fourth-order valence-corrected chi connectivity index (χ4v) is 1.88. The van der Waals surface area contributed by atoms with E-state index in [0.717, 1.165) is 19.5 Å². The molecule has 3 nitrogen and oxygen atoms in total. The molecule has 1 N–H and O–H groups in total. The molecular weight excluding hydrogens is 214 g/mol. The predicted octanol–water partition coefficient (Wildman–Crippen LogP) is 2.41. The van der Waals surface area contributed by atoms with Crippen LogP contribution in [0.15, 0.2) is 30.3 Å². The van der Waals surface area contributed by atoms with Crippen molar-refractivity contribution < 1.29 is 9.90 Å². The van der Waals surface area contributed by atoms with Crippen LogP contribution in [0.2, 0.25) is 0 Å². The van der Waals surface area contributed by atoms with Crippen molar-refractivity contribution in [2.45, 2.75) is 32.7 Å². The van der Waals surface area contributed by atoms with Crippen LogP contribution < -0.4 is 0 Å². The summed E-state index contributed by atoms with van der Waals surface area (Å²) in [7, 11) is 0. The molecule has 0 radical (unpaired) electrons.